The highest BCUT2D eigenvalue weighted by molar-refractivity contribution is 8.15. The van der Waals surface area contributed by atoms with Crippen molar-refractivity contribution in [3.8, 4) is 17.2 Å². The number of carbonyl (C=O) groups excluding carboxylic acids is 2. The Morgan fingerprint density at radius 1 is 0.949 bits per heavy atom. The van der Waals surface area contributed by atoms with Crippen LogP contribution in [-0.4, -0.2) is 55.0 Å². The van der Waals surface area contributed by atoms with E-state index in [0.29, 0.717) is 35.3 Å². The van der Waals surface area contributed by atoms with E-state index < -0.39 is 5.25 Å². The molecular weight excluding hydrogens is 514 g/mol. The molecule has 3 aromatic carbocycles. The molecule has 0 aromatic heterocycles. The summed E-state index contributed by atoms with van der Waals surface area (Å²) in [4.78, 5) is 33.0. The summed E-state index contributed by atoms with van der Waals surface area (Å²) in [6.07, 6.45) is 0.662. The van der Waals surface area contributed by atoms with Crippen LogP contribution in [-0.2, 0) is 16.0 Å². The molecule has 0 radical (unpaired) electrons. The zero-order valence-corrected chi connectivity index (χ0v) is 23.6. The second-order valence-electron chi connectivity index (χ2n) is 9.20. The van der Waals surface area contributed by atoms with Crippen molar-refractivity contribution in [2.75, 3.05) is 33.2 Å². The number of nitrogens with one attached hydrogen (secondary N) is 1. The Bertz CT molecular complexity index is 1370. The fraction of sp³-hybridized carbons (Fsp3) is 0.300. The van der Waals surface area contributed by atoms with Crippen molar-refractivity contribution in [3.05, 3.63) is 77.4 Å². The summed E-state index contributed by atoms with van der Waals surface area (Å²) >= 11 is 1.33. The van der Waals surface area contributed by atoms with Gasteiger partial charge in [0.1, 0.15) is 11.0 Å². The van der Waals surface area contributed by atoms with Gasteiger partial charge >= 0.3 is 0 Å². The largest absolute Gasteiger partial charge is 0.497 e. The number of hydrogen-bond donors (Lipinski definition) is 1. The van der Waals surface area contributed by atoms with Gasteiger partial charge in [-0.1, -0.05) is 41.6 Å². The lowest BCUT2D eigenvalue weighted by molar-refractivity contribution is -0.128. The SMILES string of the molecule is COc1ccc(CCN2C(=O)C(CC(=O)Nc3ccc(OC)c(OC)c3)SC2=Nc2ccc(C)cc2C)cc1. The molecular formula is C30H33N3O5S. The highest BCUT2D eigenvalue weighted by atomic mass is 32.2. The Kier molecular flexibility index (Phi) is 9.14. The van der Waals surface area contributed by atoms with E-state index in [2.05, 4.69) is 11.4 Å². The Hall–Kier alpha value is -3.98. The van der Waals surface area contributed by atoms with Crippen molar-refractivity contribution in [1.29, 1.82) is 0 Å². The number of thioether (sulfide) groups is 1. The fourth-order valence-corrected chi connectivity index (χ4v) is 5.47. The van der Waals surface area contributed by atoms with Gasteiger partial charge in [0.15, 0.2) is 16.7 Å². The number of ether oxygens (including phenoxy) is 3. The van der Waals surface area contributed by atoms with Crippen LogP contribution in [0, 0.1) is 13.8 Å². The van der Waals surface area contributed by atoms with Crippen molar-refractivity contribution in [1.82, 2.24) is 4.90 Å². The first-order valence-corrected chi connectivity index (χ1v) is 13.5. The van der Waals surface area contributed by atoms with Gasteiger partial charge in [-0.15, -0.1) is 0 Å². The zero-order valence-electron chi connectivity index (χ0n) is 22.8. The summed E-state index contributed by atoms with van der Waals surface area (Å²) in [7, 11) is 4.72. The maximum Gasteiger partial charge on any atom is 0.242 e. The van der Waals surface area contributed by atoms with Crippen molar-refractivity contribution >= 4 is 40.1 Å². The summed E-state index contributed by atoms with van der Waals surface area (Å²) in [5.41, 5.74) is 4.62. The van der Waals surface area contributed by atoms with Crippen LogP contribution >= 0.6 is 11.8 Å². The van der Waals surface area contributed by atoms with Gasteiger partial charge in [-0.25, -0.2) is 4.99 Å². The predicted octanol–water partition coefficient (Wildman–Crippen LogP) is 5.53. The van der Waals surface area contributed by atoms with Crippen LogP contribution in [0.25, 0.3) is 0 Å². The summed E-state index contributed by atoms with van der Waals surface area (Å²) < 4.78 is 15.8. The van der Waals surface area contributed by atoms with Crippen LogP contribution < -0.4 is 19.5 Å². The van der Waals surface area contributed by atoms with E-state index in [1.165, 1.54) is 18.9 Å². The molecule has 39 heavy (non-hydrogen) atoms. The summed E-state index contributed by atoms with van der Waals surface area (Å²) in [6.45, 7) is 4.49. The van der Waals surface area contributed by atoms with Gasteiger partial charge in [-0.3, -0.25) is 14.5 Å². The number of rotatable bonds is 10. The van der Waals surface area contributed by atoms with E-state index in [-0.39, 0.29) is 18.2 Å². The Balaban J connectivity index is 1.52. The number of amides is 2. The summed E-state index contributed by atoms with van der Waals surface area (Å²) in [5.74, 6) is 1.46. The molecule has 3 aromatic rings. The van der Waals surface area contributed by atoms with Crippen LogP contribution in [0.1, 0.15) is 23.1 Å². The Morgan fingerprint density at radius 3 is 2.36 bits per heavy atom. The minimum absolute atomic E-state index is 0.0166. The number of aliphatic imine (C=N–C) groups is 1. The number of hydrogen-bond acceptors (Lipinski definition) is 7. The molecule has 9 heteroatoms. The Morgan fingerprint density at radius 2 is 1.69 bits per heavy atom. The maximum absolute atomic E-state index is 13.5. The van der Waals surface area contributed by atoms with Crippen LogP contribution in [0.5, 0.6) is 17.2 Å². The van der Waals surface area contributed by atoms with Gasteiger partial charge in [-0.2, -0.15) is 0 Å². The van der Waals surface area contributed by atoms with Crippen LogP contribution in [0.2, 0.25) is 0 Å². The third-order valence-corrected chi connectivity index (χ3v) is 7.58. The number of benzene rings is 3. The first kappa shape index (κ1) is 28.0. The maximum atomic E-state index is 13.5. The first-order valence-electron chi connectivity index (χ1n) is 12.6. The van der Waals surface area contributed by atoms with Crippen LogP contribution in [0.4, 0.5) is 11.4 Å². The zero-order chi connectivity index (χ0) is 27.9. The number of aryl methyl sites for hydroxylation is 2. The Labute approximate surface area is 233 Å². The lowest BCUT2D eigenvalue weighted by Gasteiger charge is -2.17. The molecule has 0 spiro atoms. The van der Waals surface area contributed by atoms with Gasteiger partial charge in [0.05, 0.1) is 27.0 Å². The van der Waals surface area contributed by atoms with Crippen LogP contribution in [0.3, 0.4) is 0 Å². The lowest BCUT2D eigenvalue weighted by atomic mass is 10.1. The van der Waals surface area contributed by atoms with E-state index in [1.54, 1.807) is 37.3 Å². The molecule has 1 fully saturated rings. The molecule has 1 aliphatic heterocycles. The minimum atomic E-state index is -0.578. The smallest absolute Gasteiger partial charge is 0.242 e. The van der Waals surface area contributed by atoms with E-state index in [4.69, 9.17) is 19.2 Å². The molecule has 204 valence electrons. The average molecular weight is 548 g/mol. The lowest BCUT2D eigenvalue weighted by Crippen LogP contribution is -2.35. The summed E-state index contributed by atoms with van der Waals surface area (Å²) in [5, 5.41) is 2.89. The van der Waals surface area contributed by atoms with Gasteiger partial charge in [-0.05, 0) is 61.7 Å². The average Bonchev–Trinajstić information content (AvgIpc) is 3.22. The molecule has 1 aliphatic rings. The van der Waals surface area contributed by atoms with Crippen molar-refractivity contribution in [3.63, 3.8) is 0 Å². The first-order chi connectivity index (χ1) is 18.8. The number of methoxy groups -OCH3 is 3. The van der Waals surface area contributed by atoms with Crippen molar-refractivity contribution in [2.24, 2.45) is 4.99 Å². The molecule has 1 heterocycles. The number of carbonyl (C=O) groups is 2. The molecule has 1 unspecified atom stereocenters. The van der Waals surface area contributed by atoms with Gasteiger partial charge < -0.3 is 19.5 Å². The van der Waals surface area contributed by atoms with Gasteiger partial charge in [0.2, 0.25) is 11.8 Å². The van der Waals surface area contributed by atoms with Crippen LogP contribution in [0.15, 0.2) is 65.7 Å². The van der Waals surface area contributed by atoms with E-state index >= 15 is 0 Å². The van der Waals surface area contributed by atoms with Gasteiger partial charge in [0, 0.05) is 24.7 Å². The van der Waals surface area contributed by atoms with Gasteiger partial charge in [0.25, 0.3) is 0 Å². The molecule has 4 rings (SSSR count). The van der Waals surface area contributed by atoms with Crippen molar-refractivity contribution in [2.45, 2.75) is 31.9 Å². The highest BCUT2D eigenvalue weighted by Crippen LogP contribution is 2.34. The fourth-order valence-electron chi connectivity index (χ4n) is 4.29. The molecule has 8 nitrogen and oxygen atoms in total. The second-order valence-corrected chi connectivity index (χ2v) is 10.4. The third-order valence-electron chi connectivity index (χ3n) is 6.41. The number of amidine groups is 1. The van der Waals surface area contributed by atoms with E-state index in [0.717, 1.165) is 28.1 Å². The molecule has 1 atom stereocenters. The monoisotopic (exact) mass is 547 g/mol. The molecule has 0 saturated carbocycles. The predicted molar refractivity (Wildman–Crippen MR) is 156 cm³/mol. The topological polar surface area (TPSA) is 89.5 Å². The highest BCUT2D eigenvalue weighted by Gasteiger charge is 2.39. The third kappa shape index (κ3) is 6.92. The van der Waals surface area contributed by atoms with E-state index in [1.807, 2.05) is 50.2 Å². The molecule has 1 N–H and O–H groups in total. The second kappa shape index (κ2) is 12.7. The number of anilines is 1. The van der Waals surface area contributed by atoms with Crippen molar-refractivity contribution < 1.29 is 23.8 Å². The minimum Gasteiger partial charge on any atom is -0.497 e. The molecule has 0 bridgehead atoms. The summed E-state index contributed by atoms with van der Waals surface area (Å²) in [6, 6.07) is 19.0. The quantitative estimate of drug-likeness (QED) is 0.359. The standard InChI is InChI=1S/C30H33N3O5S/c1-19-6-12-24(20(2)16-19)32-30-33(15-14-21-7-10-23(36-3)11-8-21)29(35)27(39-30)18-28(34)31-22-9-13-25(37-4)26(17-22)38-5/h6-13,16-17,27H,14-15,18H2,1-5H3,(H,31,34). The molecule has 1 saturated heterocycles. The molecule has 0 aliphatic carbocycles. The van der Waals surface area contributed by atoms with E-state index in [9.17, 15) is 9.59 Å². The normalized spacial score (nSPS) is 15.9. The molecule has 2 amide bonds. The number of nitrogens with zero attached hydrogens (tertiary/aromatic N) is 2.